The average Bonchev–Trinajstić information content (AvgIpc) is 3.09. The molecule has 0 aromatic carbocycles. The Balaban J connectivity index is 1.79. The van der Waals surface area contributed by atoms with E-state index in [1.807, 2.05) is 6.92 Å². The number of ether oxygens (including phenoxy) is 1. The molecule has 1 aromatic heterocycles. The van der Waals surface area contributed by atoms with Crippen LogP contribution < -0.4 is 5.73 Å². The summed E-state index contributed by atoms with van der Waals surface area (Å²) < 4.78 is 11.3. The van der Waals surface area contributed by atoms with Crippen molar-refractivity contribution in [2.24, 2.45) is 11.1 Å². The molecule has 1 heterocycles. The largest absolute Gasteiger partial charge is 0.378 e. The second kappa shape index (κ2) is 4.81. The summed E-state index contributed by atoms with van der Waals surface area (Å²) in [7, 11) is 0. The molecule has 112 valence electrons. The molecule has 2 atom stereocenters. The van der Waals surface area contributed by atoms with Crippen molar-refractivity contribution in [3.63, 3.8) is 0 Å². The fourth-order valence-electron chi connectivity index (χ4n) is 3.56. The van der Waals surface area contributed by atoms with Crippen molar-refractivity contribution >= 4 is 0 Å². The molecule has 3 rings (SSSR count). The lowest BCUT2D eigenvalue weighted by molar-refractivity contribution is -0.162. The quantitative estimate of drug-likeness (QED) is 0.917. The van der Waals surface area contributed by atoms with E-state index in [4.69, 9.17) is 15.0 Å². The molecular weight excluding hydrogens is 254 g/mol. The van der Waals surface area contributed by atoms with Gasteiger partial charge in [-0.15, -0.1) is 0 Å². The summed E-state index contributed by atoms with van der Waals surface area (Å²) in [4.78, 5) is 4.62. The zero-order chi connectivity index (χ0) is 14.4. The second-order valence-electron chi connectivity index (χ2n) is 6.78. The van der Waals surface area contributed by atoms with E-state index in [0.29, 0.717) is 18.4 Å². The van der Waals surface area contributed by atoms with Crippen molar-refractivity contribution < 1.29 is 9.26 Å². The molecule has 5 nitrogen and oxygen atoms in total. The van der Waals surface area contributed by atoms with Crippen molar-refractivity contribution in [1.82, 2.24) is 10.1 Å². The van der Waals surface area contributed by atoms with E-state index >= 15 is 0 Å². The van der Waals surface area contributed by atoms with Gasteiger partial charge < -0.3 is 15.0 Å². The number of hydrogen-bond acceptors (Lipinski definition) is 5. The van der Waals surface area contributed by atoms with Crippen LogP contribution in [-0.2, 0) is 10.3 Å². The summed E-state index contributed by atoms with van der Waals surface area (Å²) >= 11 is 0. The first kappa shape index (κ1) is 14.0. The second-order valence-corrected chi connectivity index (χ2v) is 6.78. The lowest BCUT2D eigenvalue weighted by Crippen LogP contribution is -2.67. The molecule has 2 fully saturated rings. The van der Waals surface area contributed by atoms with E-state index < -0.39 is 5.54 Å². The highest BCUT2D eigenvalue weighted by atomic mass is 16.5. The van der Waals surface area contributed by atoms with E-state index in [-0.39, 0.29) is 11.5 Å². The first-order chi connectivity index (χ1) is 9.49. The lowest BCUT2D eigenvalue weighted by Gasteiger charge is -2.56. The van der Waals surface area contributed by atoms with Gasteiger partial charge in [0.2, 0.25) is 5.89 Å². The summed E-state index contributed by atoms with van der Waals surface area (Å²) in [5.74, 6) is 1.89. The van der Waals surface area contributed by atoms with Crippen LogP contribution in [0.1, 0.15) is 70.5 Å². The highest BCUT2D eigenvalue weighted by Gasteiger charge is 2.62. The molecule has 2 saturated carbocycles. The molecule has 5 heteroatoms. The van der Waals surface area contributed by atoms with E-state index in [1.165, 1.54) is 25.7 Å². The van der Waals surface area contributed by atoms with E-state index in [1.54, 1.807) is 0 Å². The van der Waals surface area contributed by atoms with Gasteiger partial charge in [-0.25, -0.2) is 0 Å². The van der Waals surface area contributed by atoms with Gasteiger partial charge in [-0.1, -0.05) is 31.8 Å². The van der Waals surface area contributed by atoms with Crippen LogP contribution in [-0.4, -0.2) is 22.9 Å². The van der Waals surface area contributed by atoms with Crippen LogP contribution in [0.5, 0.6) is 0 Å². The summed E-state index contributed by atoms with van der Waals surface area (Å²) in [5, 5.41) is 4.18. The summed E-state index contributed by atoms with van der Waals surface area (Å²) in [6.07, 6.45) is 5.78. The predicted octanol–water partition coefficient (Wildman–Crippen LogP) is 2.72. The molecule has 0 radical (unpaired) electrons. The Kier molecular flexibility index (Phi) is 3.37. The molecule has 2 unspecified atom stereocenters. The van der Waals surface area contributed by atoms with Crippen LogP contribution in [0.4, 0.5) is 0 Å². The molecule has 2 aliphatic carbocycles. The van der Waals surface area contributed by atoms with Crippen molar-refractivity contribution in [3.8, 4) is 0 Å². The van der Waals surface area contributed by atoms with Gasteiger partial charge >= 0.3 is 0 Å². The van der Waals surface area contributed by atoms with E-state index in [9.17, 15) is 0 Å². The van der Waals surface area contributed by atoms with Gasteiger partial charge in [0.05, 0.1) is 6.10 Å². The zero-order valence-corrected chi connectivity index (χ0v) is 12.7. The van der Waals surface area contributed by atoms with Gasteiger partial charge in [0, 0.05) is 24.4 Å². The van der Waals surface area contributed by atoms with Crippen LogP contribution >= 0.6 is 0 Å². The van der Waals surface area contributed by atoms with Crippen LogP contribution in [0.25, 0.3) is 0 Å². The maximum Gasteiger partial charge on any atom is 0.247 e. The fraction of sp³-hybridized carbons (Fsp3) is 0.867. The maximum absolute atomic E-state index is 6.56. The Morgan fingerprint density at radius 3 is 2.65 bits per heavy atom. The minimum absolute atomic E-state index is 0.166. The topological polar surface area (TPSA) is 74.2 Å². The molecule has 0 bridgehead atoms. The number of hydrogen-bond donors (Lipinski definition) is 1. The highest BCUT2D eigenvalue weighted by Crippen LogP contribution is 2.55. The average molecular weight is 279 g/mol. The molecule has 1 aromatic rings. The van der Waals surface area contributed by atoms with Gasteiger partial charge in [0.15, 0.2) is 5.82 Å². The van der Waals surface area contributed by atoms with Gasteiger partial charge in [0.25, 0.3) is 0 Å². The predicted molar refractivity (Wildman–Crippen MR) is 75.2 cm³/mol. The molecular formula is C15H25N3O2. The van der Waals surface area contributed by atoms with Crippen molar-refractivity contribution in [2.75, 3.05) is 6.61 Å². The number of aromatic nitrogens is 2. The molecule has 0 amide bonds. The Bertz CT molecular complexity index is 479. The highest BCUT2D eigenvalue weighted by molar-refractivity contribution is 5.21. The van der Waals surface area contributed by atoms with Crippen molar-refractivity contribution in [2.45, 2.75) is 70.4 Å². The van der Waals surface area contributed by atoms with Crippen LogP contribution in [0.15, 0.2) is 4.52 Å². The third-order valence-electron chi connectivity index (χ3n) is 5.37. The SMILES string of the molecule is CCOC1CC(N)(c2nc(C3CCCC3)no2)C1(C)C. The van der Waals surface area contributed by atoms with Gasteiger partial charge in [-0.05, 0) is 19.8 Å². The standard InChI is InChI=1S/C15H25N3O2/c1-4-19-11-9-15(16,14(11,2)3)13-17-12(18-20-13)10-7-5-6-8-10/h10-11H,4-9,16H2,1-3H3. The third-order valence-corrected chi connectivity index (χ3v) is 5.37. The zero-order valence-electron chi connectivity index (χ0n) is 12.7. The van der Waals surface area contributed by atoms with Crippen LogP contribution in [0, 0.1) is 5.41 Å². The Labute approximate surface area is 120 Å². The molecule has 2 aliphatic rings. The normalized spacial score (nSPS) is 33.3. The molecule has 0 spiro atoms. The molecule has 2 N–H and O–H groups in total. The fourth-order valence-corrected chi connectivity index (χ4v) is 3.56. The minimum atomic E-state index is -0.559. The smallest absolute Gasteiger partial charge is 0.247 e. The number of nitrogens with two attached hydrogens (primary N) is 1. The van der Waals surface area contributed by atoms with Crippen molar-refractivity contribution in [3.05, 3.63) is 11.7 Å². The van der Waals surface area contributed by atoms with E-state index in [2.05, 4.69) is 24.0 Å². The number of nitrogens with zero attached hydrogens (tertiary/aromatic N) is 2. The summed E-state index contributed by atoms with van der Waals surface area (Å²) in [6.45, 7) is 6.96. The minimum Gasteiger partial charge on any atom is -0.378 e. The Hall–Kier alpha value is -0.940. The maximum atomic E-state index is 6.56. The molecule has 20 heavy (non-hydrogen) atoms. The van der Waals surface area contributed by atoms with Crippen LogP contribution in [0.2, 0.25) is 0 Å². The molecule has 0 saturated heterocycles. The third kappa shape index (κ3) is 1.91. The Morgan fingerprint density at radius 2 is 2.05 bits per heavy atom. The summed E-state index contributed by atoms with van der Waals surface area (Å²) in [5.41, 5.74) is 5.82. The summed E-state index contributed by atoms with van der Waals surface area (Å²) in [6, 6.07) is 0. The van der Waals surface area contributed by atoms with Gasteiger partial charge in [-0.3, -0.25) is 0 Å². The first-order valence-electron chi connectivity index (χ1n) is 7.73. The monoisotopic (exact) mass is 279 g/mol. The molecule has 0 aliphatic heterocycles. The van der Waals surface area contributed by atoms with Gasteiger partial charge in [0.1, 0.15) is 5.54 Å². The van der Waals surface area contributed by atoms with E-state index in [0.717, 1.165) is 12.2 Å². The lowest BCUT2D eigenvalue weighted by atomic mass is 9.54. The van der Waals surface area contributed by atoms with Gasteiger partial charge in [-0.2, -0.15) is 4.98 Å². The van der Waals surface area contributed by atoms with Crippen LogP contribution in [0.3, 0.4) is 0 Å². The Morgan fingerprint density at radius 1 is 1.35 bits per heavy atom. The number of rotatable bonds is 4. The first-order valence-corrected chi connectivity index (χ1v) is 7.73. The van der Waals surface area contributed by atoms with Crippen molar-refractivity contribution in [1.29, 1.82) is 0 Å².